The number of halogens is 1. The number of amides is 2. The summed E-state index contributed by atoms with van der Waals surface area (Å²) in [5, 5.41) is 4.18. The van der Waals surface area contributed by atoms with Gasteiger partial charge in [-0.05, 0) is 32.3 Å². The molecule has 126 valence electrons. The van der Waals surface area contributed by atoms with Crippen molar-refractivity contribution < 1.29 is 14.0 Å². The smallest absolute Gasteiger partial charge is 0.275 e. The Morgan fingerprint density at radius 2 is 2.04 bits per heavy atom. The third kappa shape index (κ3) is 3.23. The molecule has 0 radical (unpaired) electrons. The number of nitrogens with zero attached hydrogens (tertiary/aromatic N) is 4. The van der Waals surface area contributed by atoms with Gasteiger partial charge in [0.25, 0.3) is 5.91 Å². The lowest BCUT2D eigenvalue weighted by Crippen LogP contribution is -2.49. The van der Waals surface area contributed by atoms with Crippen molar-refractivity contribution in [3.63, 3.8) is 0 Å². The van der Waals surface area contributed by atoms with Gasteiger partial charge >= 0.3 is 0 Å². The number of likely N-dealkylation sites (tertiary alicyclic amines) is 2. The number of aryl methyl sites for hydroxylation is 1. The van der Waals surface area contributed by atoms with Crippen LogP contribution in [0.15, 0.2) is 12.3 Å². The topological polar surface area (TPSA) is 58.4 Å². The Labute approximate surface area is 135 Å². The molecule has 7 heteroatoms. The highest BCUT2D eigenvalue weighted by Gasteiger charge is 2.42. The standard InChI is InChI=1S/C16H23FN4O2/c1-2-20-9-6-13(18-20)15(22)21-11-12(17)10-14(21)16(23)19-7-4-3-5-8-19/h6,9,12,14H,2-5,7-8,10-11H2,1H3/t12-,14-/m0/s1. The molecule has 0 spiro atoms. The van der Waals surface area contributed by atoms with Gasteiger partial charge in [0.05, 0.1) is 6.54 Å². The van der Waals surface area contributed by atoms with Crippen LogP contribution in [0.3, 0.4) is 0 Å². The number of aromatic nitrogens is 2. The summed E-state index contributed by atoms with van der Waals surface area (Å²) < 4.78 is 15.6. The molecule has 0 N–H and O–H groups in total. The molecule has 6 nitrogen and oxygen atoms in total. The number of carbonyl (C=O) groups excluding carboxylic acids is 2. The maximum Gasteiger partial charge on any atom is 0.275 e. The normalized spacial score (nSPS) is 25.0. The van der Waals surface area contributed by atoms with Gasteiger partial charge in [-0.2, -0.15) is 5.10 Å². The maximum absolute atomic E-state index is 13.9. The summed E-state index contributed by atoms with van der Waals surface area (Å²) >= 11 is 0. The Balaban J connectivity index is 1.75. The van der Waals surface area contributed by atoms with E-state index < -0.39 is 12.2 Å². The molecule has 0 bridgehead atoms. The molecule has 3 heterocycles. The van der Waals surface area contributed by atoms with Crippen molar-refractivity contribution in [1.82, 2.24) is 19.6 Å². The Bertz CT molecular complexity index is 582. The van der Waals surface area contributed by atoms with Crippen molar-refractivity contribution >= 4 is 11.8 Å². The fourth-order valence-corrected chi connectivity index (χ4v) is 3.37. The van der Waals surface area contributed by atoms with E-state index in [1.54, 1.807) is 21.8 Å². The Hall–Kier alpha value is -1.92. The van der Waals surface area contributed by atoms with Crippen LogP contribution in [0.5, 0.6) is 0 Å². The van der Waals surface area contributed by atoms with Gasteiger partial charge in [-0.25, -0.2) is 4.39 Å². The van der Waals surface area contributed by atoms with Crippen LogP contribution in [0.25, 0.3) is 0 Å². The minimum Gasteiger partial charge on any atom is -0.341 e. The average Bonchev–Trinajstić information content (AvgIpc) is 3.21. The molecule has 0 aromatic carbocycles. The predicted molar refractivity (Wildman–Crippen MR) is 82.7 cm³/mol. The average molecular weight is 322 g/mol. The first-order valence-corrected chi connectivity index (χ1v) is 8.37. The highest BCUT2D eigenvalue weighted by atomic mass is 19.1. The van der Waals surface area contributed by atoms with Crippen LogP contribution in [-0.4, -0.2) is 63.2 Å². The second kappa shape index (κ2) is 6.68. The van der Waals surface area contributed by atoms with Crippen LogP contribution < -0.4 is 0 Å². The molecule has 2 fully saturated rings. The summed E-state index contributed by atoms with van der Waals surface area (Å²) in [7, 11) is 0. The molecule has 0 aliphatic carbocycles. The predicted octanol–water partition coefficient (Wildman–Crippen LogP) is 1.47. The zero-order valence-corrected chi connectivity index (χ0v) is 13.4. The van der Waals surface area contributed by atoms with E-state index in [-0.39, 0.29) is 30.5 Å². The summed E-state index contributed by atoms with van der Waals surface area (Å²) in [5.41, 5.74) is 0.275. The van der Waals surface area contributed by atoms with Crippen LogP contribution in [0.2, 0.25) is 0 Å². The van der Waals surface area contributed by atoms with E-state index in [1.807, 2.05) is 6.92 Å². The van der Waals surface area contributed by atoms with Gasteiger partial charge in [0, 0.05) is 32.3 Å². The van der Waals surface area contributed by atoms with Crippen LogP contribution >= 0.6 is 0 Å². The molecule has 2 amide bonds. The molecule has 1 aromatic rings. The maximum atomic E-state index is 13.9. The van der Waals surface area contributed by atoms with Crippen LogP contribution in [0, 0.1) is 0 Å². The largest absolute Gasteiger partial charge is 0.341 e. The fraction of sp³-hybridized carbons (Fsp3) is 0.688. The fourth-order valence-electron chi connectivity index (χ4n) is 3.37. The van der Waals surface area contributed by atoms with Crippen molar-refractivity contribution in [1.29, 1.82) is 0 Å². The van der Waals surface area contributed by atoms with Crippen molar-refractivity contribution in [3.05, 3.63) is 18.0 Å². The first-order valence-electron chi connectivity index (χ1n) is 8.37. The molecular formula is C16H23FN4O2. The minimum atomic E-state index is -1.15. The van der Waals surface area contributed by atoms with Crippen molar-refractivity contribution in [2.24, 2.45) is 0 Å². The van der Waals surface area contributed by atoms with E-state index in [1.165, 1.54) is 4.90 Å². The van der Waals surface area contributed by atoms with Gasteiger partial charge in [-0.1, -0.05) is 0 Å². The zero-order valence-electron chi connectivity index (χ0n) is 13.4. The van der Waals surface area contributed by atoms with Crippen molar-refractivity contribution in [2.45, 2.75) is 51.4 Å². The highest BCUT2D eigenvalue weighted by Crippen LogP contribution is 2.25. The molecule has 2 atom stereocenters. The Morgan fingerprint density at radius 1 is 1.30 bits per heavy atom. The number of piperidine rings is 1. The van der Waals surface area contributed by atoms with Crippen molar-refractivity contribution in [3.8, 4) is 0 Å². The summed E-state index contributed by atoms with van der Waals surface area (Å²) in [5.74, 6) is -0.471. The molecule has 0 saturated carbocycles. The van der Waals surface area contributed by atoms with E-state index in [9.17, 15) is 14.0 Å². The van der Waals surface area contributed by atoms with Gasteiger partial charge in [0.15, 0.2) is 0 Å². The van der Waals surface area contributed by atoms with Crippen LogP contribution in [0.1, 0.15) is 43.1 Å². The third-order valence-electron chi connectivity index (χ3n) is 4.65. The third-order valence-corrected chi connectivity index (χ3v) is 4.65. The van der Waals surface area contributed by atoms with Gasteiger partial charge < -0.3 is 9.80 Å². The molecule has 0 unspecified atom stereocenters. The molecular weight excluding hydrogens is 299 g/mol. The van der Waals surface area contributed by atoms with Gasteiger partial charge in [-0.15, -0.1) is 0 Å². The summed E-state index contributed by atoms with van der Waals surface area (Å²) in [6.07, 6.45) is 3.74. The number of hydrogen-bond acceptors (Lipinski definition) is 3. The molecule has 2 aliphatic heterocycles. The number of hydrogen-bond donors (Lipinski definition) is 0. The number of alkyl halides is 1. The molecule has 2 saturated heterocycles. The Morgan fingerprint density at radius 3 is 2.70 bits per heavy atom. The second-order valence-corrected chi connectivity index (χ2v) is 6.25. The summed E-state index contributed by atoms with van der Waals surface area (Å²) in [6.45, 7) is 3.98. The van der Waals surface area contributed by atoms with E-state index in [0.717, 1.165) is 19.3 Å². The molecule has 23 heavy (non-hydrogen) atoms. The lowest BCUT2D eigenvalue weighted by molar-refractivity contribution is -0.136. The number of carbonyl (C=O) groups is 2. The van der Waals surface area contributed by atoms with Crippen LogP contribution in [0.4, 0.5) is 4.39 Å². The van der Waals surface area contributed by atoms with Gasteiger partial charge in [0.1, 0.15) is 17.9 Å². The van der Waals surface area contributed by atoms with Crippen LogP contribution in [-0.2, 0) is 11.3 Å². The Kier molecular flexibility index (Phi) is 4.63. The summed E-state index contributed by atoms with van der Waals surface area (Å²) in [6, 6.07) is 0.933. The van der Waals surface area contributed by atoms with E-state index in [4.69, 9.17) is 0 Å². The quantitative estimate of drug-likeness (QED) is 0.847. The van der Waals surface area contributed by atoms with Gasteiger partial charge in [-0.3, -0.25) is 14.3 Å². The van der Waals surface area contributed by atoms with Crippen molar-refractivity contribution in [2.75, 3.05) is 19.6 Å². The highest BCUT2D eigenvalue weighted by molar-refractivity contribution is 5.96. The minimum absolute atomic E-state index is 0.0257. The molecule has 3 rings (SSSR count). The van der Waals surface area contributed by atoms with Gasteiger partial charge in [0.2, 0.25) is 5.91 Å². The first kappa shape index (κ1) is 16.0. The lowest BCUT2D eigenvalue weighted by atomic mass is 10.1. The zero-order chi connectivity index (χ0) is 16.4. The van der Waals surface area contributed by atoms with E-state index in [2.05, 4.69) is 5.10 Å². The molecule has 1 aromatic heterocycles. The molecule has 2 aliphatic rings. The van der Waals surface area contributed by atoms with E-state index in [0.29, 0.717) is 19.6 Å². The monoisotopic (exact) mass is 322 g/mol. The number of rotatable bonds is 3. The summed E-state index contributed by atoms with van der Waals surface area (Å²) in [4.78, 5) is 28.5. The lowest BCUT2D eigenvalue weighted by Gasteiger charge is -2.32. The second-order valence-electron chi connectivity index (χ2n) is 6.25. The first-order chi connectivity index (χ1) is 11.1. The SMILES string of the molecule is CCn1ccc(C(=O)N2C[C@@H](F)C[C@H]2C(=O)N2CCCCC2)n1. The van der Waals surface area contributed by atoms with E-state index >= 15 is 0 Å².